The highest BCUT2D eigenvalue weighted by molar-refractivity contribution is 9.10. The third-order valence-corrected chi connectivity index (χ3v) is 3.36. The molecule has 2 aromatic rings. The molecule has 0 aliphatic heterocycles. The standard InChI is InChI=1S/C17H18BrN3O2/c1-2-23-16-8-6-15(7-9-16)19-12-17(22)21-20-11-13-4-3-5-14(18)10-13/h3-11,19H,2,12H2,1H3,(H,21,22). The summed E-state index contributed by atoms with van der Waals surface area (Å²) in [4.78, 5) is 11.7. The number of ether oxygens (including phenoxy) is 1. The number of rotatable bonds is 7. The van der Waals surface area contributed by atoms with Crippen molar-refractivity contribution >= 4 is 33.7 Å². The van der Waals surface area contributed by atoms with E-state index in [1.165, 1.54) is 0 Å². The first-order chi connectivity index (χ1) is 11.2. The van der Waals surface area contributed by atoms with Crippen molar-refractivity contribution < 1.29 is 9.53 Å². The van der Waals surface area contributed by atoms with Crippen LogP contribution in [0.4, 0.5) is 5.69 Å². The highest BCUT2D eigenvalue weighted by atomic mass is 79.9. The van der Waals surface area contributed by atoms with Gasteiger partial charge in [-0.2, -0.15) is 5.10 Å². The summed E-state index contributed by atoms with van der Waals surface area (Å²) in [6, 6.07) is 15.1. The van der Waals surface area contributed by atoms with Gasteiger partial charge in [-0.15, -0.1) is 0 Å². The predicted octanol–water partition coefficient (Wildman–Crippen LogP) is 3.41. The Labute approximate surface area is 143 Å². The molecule has 0 aliphatic carbocycles. The van der Waals surface area contributed by atoms with E-state index in [1.54, 1.807) is 6.21 Å². The molecule has 0 bridgehead atoms. The maximum atomic E-state index is 11.7. The van der Waals surface area contributed by atoms with Gasteiger partial charge in [0, 0.05) is 10.2 Å². The molecule has 2 aromatic carbocycles. The molecule has 2 rings (SSSR count). The van der Waals surface area contributed by atoms with Crippen LogP contribution < -0.4 is 15.5 Å². The molecule has 0 fully saturated rings. The van der Waals surface area contributed by atoms with Crippen molar-refractivity contribution in [1.29, 1.82) is 0 Å². The molecule has 0 aromatic heterocycles. The Morgan fingerprint density at radius 1 is 1.26 bits per heavy atom. The first-order valence-electron chi connectivity index (χ1n) is 7.21. The molecule has 0 atom stereocenters. The summed E-state index contributed by atoms with van der Waals surface area (Å²) in [5.41, 5.74) is 4.23. The van der Waals surface area contributed by atoms with Crippen LogP contribution in [-0.2, 0) is 4.79 Å². The number of nitrogens with zero attached hydrogens (tertiary/aromatic N) is 1. The molecule has 23 heavy (non-hydrogen) atoms. The smallest absolute Gasteiger partial charge is 0.259 e. The zero-order valence-corrected chi connectivity index (χ0v) is 14.3. The number of nitrogens with one attached hydrogen (secondary N) is 2. The Morgan fingerprint density at radius 2 is 2.04 bits per heavy atom. The van der Waals surface area contributed by atoms with Crippen LogP contribution in [0.3, 0.4) is 0 Å². The maximum absolute atomic E-state index is 11.7. The van der Waals surface area contributed by atoms with Crippen LogP contribution in [0, 0.1) is 0 Å². The molecule has 0 heterocycles. The molecule has 0 aliphatic rings. The van der Waals surface area contributed by atoms with Crippen LogP contribution in [0.5, 0.6) is 5.75 Å². The Morgan fingerprint density at radius 3 is 2.74 bits per heavy atom. The number of anilines is 1. The Balaban J connectivity index is 1.76. The van der Waals surface area contributed by atoms with Gasteiger partial charge in [0.25, 0.3) is 5.91 Å². The van der Waals surface area contributed by atoms with Crippen LogP contribution in [0.25, 0.3) is 0 Å². The summed E-state index contributed by atoms with van der Waals surface area (Å²) in [5.74, 6) is 0.589. The minimum Gasteiger partial charge on any atom is -0.494 e. The highest BCUT2D eigenvalue weighted by Gasteiger charge is 2.00. The first kappa shape index (κ1) is 17.0. The van der Waals surface area contributed by atoms with E-state index in [4.69, 9.17) is 4.74 Å². The summed E-state index contributed by atoms with van der Waals surface area (Å²) < 4.78 is 6.32. The van der Waals surface area contributed by atoms with Crippen LogP contribution >= 0.6 is 15.9 Å². The van der Waals surface area contributed by atoms with Crippen molar-refractivity contribution in [3.63, 3.8) is 0 Å². The molecule has 0 unspecified atom stereocenters. The lowest BCUT2D eigenvalue weighted by atomic mass is 10.2. The number of carbonyl (C=O) groups is 1. The van der Waals surface area contributed by atoms with Crippen molar-refractivity contribution in [2.45, 2.75) is 6.92 Å². The van der Waals surface area contributed by atoms with E-state index < -0.39 is 0 Å². The van der Waals surface area contributed by atoms with Gasteiger partial charge in [0.2, 0.25) is 0 Å². The van der Waals surface area contributed by atoms with Crippen LogP contribution in [0.1, 0.15) is 12.5 Å². The third kappa shape index (κ3) is 6.12. The monoisotopic (exact) mass is 375 g/mol. The molecular weight excluding hydrogens is 358 g/mol. The van der Waals surface area contributed by atoms with Gasteiger partial charge in [-0.3, -0.25) is 4.79 Å². The van der Waals surface area contributed by atoms with Gasteiger partial charge in [-0.1, -0.05) is 28.1 Å². The zero-order valence-electron chi connectivity index (χ0n) is 12.8. The highest BCUT2D eigenvalue weighted by Crippen LogP contribution is 2.15. The zero-order chi connectivity index (χ0) is 16.5. The van der Waals surface area contributed by atoms with Crippen molar-refractivity contribution in [3.05, 3.63) is 58.6 Å². The fraction of sp³-hybridized carbons (Fsp3) is 0.176. The van der Waals surface area contributed by atoms with Gasteiger partial charge < -0.3 is 10.1 Å². The van der Waals surface area contributed by atoms with E-state index in [9.17, 15) is 4.79 Å². The van der Waals surface area contributed by atoms with E-state index >= 15 is 0 Å². The Bertz CT molecular complexity index is 672. The molecule has 1 amide bonds. The molecule has 0 radical (unpaired) electrons. The van der Waals surface area contributed by atoms with E-state index in [0.717, 1.165) is 21.5 Å². The number of benzene rings is 2. The lowest BCUT2D eigenvalue weighted by Gasteiger charge is -2.07. The average molecular weight is 376 g/mol. The topological polar surface area (TPSA) is 62.7 Å². The van der Waals surface area contributed by atoms with E-state index in [-0.39, 0.29) is 12.5 Å². The molecule has 120 valence electrons. The number of hydrogen-bond acceptors (Lipinski definition) is 4. The molecule has 2 N–H and O–H groups in total. The van der Waals surface area contributed by atoms with E-state index in [0.29, 0.717) is 6.61 Å². The number of amides is 1. The minimum absolute atomic E-state index is 0.143. The van der Waals surface area contributed by atoms with Crippen molar-refractivity contribution in [1.82, 2.24) is 5.43 Å². The number of hydrogen-bond donors (Lipinski definition) is 2. The molecule has 0 saturated carbocycles. The van der Waals surface area contributed by atoms with Gasteiger partial charge in [-0.25, -0.2) is 5.43 Å². The molecule has 0 spiro atoms. The van der Waals surface area contributed by atoms with Crippen LogP contribution in [0.2, 0.25) is 0 Å². The largest absolute Gasteiger partial charge is 0.494 e. The first-order valence-corrected chi connectivity index (χ1v) is 8.01. The maximum Gasteiger partial charge on any atom is 0.259 e. The van der Waals surface area contributed by atoms with Crippen molar-refractivity contribution in [2.24, 2.45) is 5.10 Å². The van der Waals surface area contributed by atoms with Crippen LogP contribution in [-0.4, -0.2) is 25.3 Å². The Hall–Kier alpha value is -2.34. The number of hydrazone groups is 1. The summed E-state index contributed by atoms with van der Waals surface area (Å²) >= 11 is 3.38. The fourth-order valence-electron chi connectivity index (χ4n) is 1.82. The van der Waals surface area contributed by atoms with E-state index in [2.05, 4.69) is 31.8 Å². The fourth-order valence-corrected chi connectivity index (χ4v) is 2.24. The lowest BCUT2D eigenvalue weighted by Crippen LogP contribution is -2.25. The van der Waals surface area contributed by atoms with Gasteiger partial charge >= 0.3 is 0 Å². The average Bonchev–Trinajstić information content (AvgIpc) is 2.55. The normalized spacial score (nSPS) is 10.5. The second-order valence-electron chi connectivity index (χ2n) is 4.66. The number of halogens is 1. The van der Waals surface area contributed by atoms with Crippen molar-refractivity contribution in [2.75, 3.05) is 18.5 Å². The van der Waals surface area contributed by atoms with Gasteiger partial charge in [0.05, 0.1) is 19.4 Å². The second kappa shape index (κ2) is 8.95. The third-order valence-electron chi connectivity index (χ3n) is 2.87. The van der Waals surface area contributed by atoms with Gasteiger partial charge in [-0.05, 0) is 48.9 Å². The molecular formula is C17H18BrN3O2. The second-order valence-corrected chi connectivity index (χ2v) is 5.57. The molecule has 6 heteroatoms. The Kier molecular flexibility index (Phi) is 6.62. The van der Waals surface area contributed by atoms with Gasteiger partial charge in [0.1, 0.15) is 5.75 Å². The molecule has 0 saturated heterocycles. The number of carbonyl (C=O) groups excluding carboxylic acids is 1. The van der Waals surface area contributed by atoms with Gasteiger partial charge in [0.15, 0.2) is 0 Å². The lowest BCUT2D eigenvalue weighted by molar-refractivity contribution is -0.119. The summed E-state index contributed by atoms with van der Waals surface area (Å²) in [6.45, 7) is 2.71. The minimum atomic E-state index is -0.217. The van der Waals surface area contributed by atoms with Crippen molar-refractivity contribution in [3.8, 4) is 5.75 Å². The van der Waals surface area contributed by atoms with E-state index in [1.807, 2.05) is 55.5 Å². The quantitative estimate of drug-likeness (QED) is 0.575. The van der Waals surface area contributed by atoms with Crippen LogP contribution in [0.15, 0.2) is 58.1 Å². The summed E-state index contributed by atoms with van der Waals surface area (Å²) in [6.07, 6.45) is 1.60. The molecule has 5 nitrogen and oxygen atoms in total. The SMILES string of the molecule is CCOc1ccc(NCC(=O)NN=Cc2cccc(Br)c2)cc1. The summed E-state index contributed by atoms with van der Waals surface area (Å²) in [5, 5.41) is 6.95. The summed E-state index contributed by atoms with van der Waals surface area (Å²) in [7, 11) is 0. The predicted molar refractivity (Wildman–Crippen MR) is 96.0 cm³/mol.